The molecule has 0 atom stereocenters. The van der Waals surface area contributed by atoms with Crippen molar-refractivity contribution in [3.8, 4) is 22.8 Å². The van der Waals surface area contributed by atoms with Crippen molar-refractivity contribution in [1.82, 2.24) is 19.7 Å². The maximum atomic E-state index is 12.3. The molecule has 6 nitrogen and oxygen atoms in total. The quantitative estimate of drug-likeness (QED) is 0.324. The van der Waals surface area contributed by atoms with Gasteiger partial charge in [-0.05, 0) is 54.1 Å². The number of methoxy groups -OCH3 is 1. The van der Waals surface area contributed by atoms with Crippen molar-refractivity contribution >= 4 is 29.3 Å². The Morgan fingerprint density at radius 3 is 2.52 bits per heavy atom. The van der Waals surface area contributed by atoms with Crippen molar-refractivity contribution in [2.75, 3.05) is 21.2 Å². The first-order valence-electron chi connectivity index (χ1n) is 10.3. The minimum Gasteiger partial charge on any atom is -0.496 e. The summed E-state index contributed by atoms with van der Waals surface area (Å²) in [5.74, 6) is 2.00. The van der Waals surface area contributed by atoms with E-state index < -0.39 is 0 Å². The van der Waals surface area contributed by atoms with Gasteiger partial charge in [0.2, 0.25) is 0 Å². The first kappa shape index (κ1) is 22.9. The molecular weight excluding hydrogens is 456 g/mol. The average molecular weight is 479 g/mol. The van der Waals surface area contributed by atoms with E-state index in [1.807, 2.05) is 77.4 Å². The standard InChI is InChI=1S/C25H23ClN4O2S/c1-29(2)24(31)18-8-6-7-17(15-18)16-33-25-28-27-23(21-9-4-5-10-22(21)32-3)30(25)20-13-11-19(26)12-14-20/h4-15H,16H2,1-3H3. The Balaban J connectivity index is 1.71. The number of amides is 1. The van der Waals surface area contributed by atoms with E-state index in [0.29, 0.717) is 27.9 Å². The van der Waals surface area contributed by atoms with Gasteiger partial charge in [-0.15, -0.1) is 10.2 Å². The number of carbonyl (C=O) groups excluding carboxylic acids is 1. The number of halogens is 1. The van der Waals surface area contributed by atoms with Crippen LogP contribution in [0.25, 0.3) is 17.1 Å². The van der Waals surface area contributed by atoms with Gasteiger partial charge in [0.05, 0.1) is 12.7 Å². The summed E-state index contributed by atoms with van der Waals surface area (Å²) in [4.78, 5) is 13.9. The molecule has 8 heteroatoms. The number of hydrogen-bond acceptors (Lipinski definition) is 5. The first-order chi connectivity index (χ1) is 16.0. The second-order valence-electron chi connectivity index (χ2n) is 7.51. The largest absolute Gasteiger partial charge is 0.496 e. The molecule has 0 radical (unpaired) electrons. The average Bonchev–Trinajstić information content (AvgIpc) is 3.26. The van der Waals surface area contributed by atoms with Crippen molar-refractivity contribution < 1.29 is 9.53 Å². The van der Waals surface area contributed by atoms with E-state index in [2.05, 4.69) is 10.2 Å². The lowest BCUT2D eigenvalue weighted by molar-refractivity contribution is 0.0827. The number of nitrogens with zero attached hydrogens (tertiary/aromatic N) is 4. The van der Waals surface area contributed by atoms with Gasteiger partial charge in [-0.3, -0.25) is 9.36 Å². The Bertz CT molecular complexity index is 1270. The third-order valence-electron chi connectivity index (χ3n) is 5.01. The Kier molecular flexibility index (Phi) is 7.01. The zero-order valence-corrected chi connectivity index (χ0v) is 20.1. The highest BCUT2D eigenvalue weighted by Crippen LogP contribution is 2.34. The molecule has 0 fully saturated rings. The van der Waals surface area contributed by atoms with Gasteiger partial charge < -0.3 is 9.64 Å². The van der Waals surface area contributed by atoms with Crippen LogP contribution < -0.4 is 4.74 Å². The Morgan fingerprint density at radius 2 is 1.79 bits per heavy atom. The van der Waals surface area contributed by atoms with Crippen LogP contribution in [0.15, 0.2) is 78.0 Å². The fourth-order valence-electron chi connectivity index (χ4n) is 3.39. The highest BCUT2D eigenvalue weighted by atomic mass is 35.5. The van der Waals surface area contributed by atoms with E-state index in [1.54, 1.807) is 37.9 Å². The molecule has 0 saturated heterocycles. The predicted molar refractivity (Wildman–Crippen MR) is 132 cm³/mol. The minimum atomic E-state index is -0.0235. The number of para-hydroxylation sites is 1. The molecule has 0 aliphatic carbocycles. The lowest BCUT2D eigenvalue weighted by Crippen LogP contribution is -2.21. The zero-order chi connectivity index (χ0) is 23.4. The number of hydrogen-bond donors (Lipinski definition) is 0. The third-order valence-corrected chi connectivity index (χ3v) is 6.27. The van der Waals surface area contributed by atoms with Crippen LogP contribution in [-0.4, -0.2) is 46.8 Å². The van der Waals surface area contributed by atoms with Gasteiger partial charge in [-0.1, -0.05) is 47.6 Å². The Hall–Kier alpha value is -3.29. The van der Waals surface area contributed by atoms with Crippen LogP contribution in [0, 0.1) is 0 Å². The molecular formula is C25H23ClN4O2S. The topological polar surface area (TPSA) is 60.3 Å². The van der Waals surface area contributed by atoms with Gasteiger partial charge in [-0.25, -0.2) is 0 Å². The molecule has 3 aromatic carbocycles. The maximum Gasteiger partial charge on any atom is 0.253 e. The number of thioether (sulfide) groups is 1. The van der Waals surface area contributed by atoms with E-state index in [1.165, 1.54) is 0 Å². The number of carbonyl (C=O) groups is 1. The van der Waals surface area contributed by atoms with Crippen molar-refractivity contribution in [2.24, 2.45) is 0 Å². The second-order valence-corrected chi connectivity index (χ2v) is 8.89. The molecule has 0 spiro atoms. The lowest BCUT2D eigenvalue weighted by Gasteiger charge is -2.13. The summed E-state index contributed by atoms with van der Waals surface area (Å²) in [5, 5.41) is 10.4. The molecule has 0 bridgehead atoms. The number of rotatable bonds is 7. The molecule has 0 unspecified atom stereocenters. The molecule has 1 amide bonds. The van der Waals surface area contributed by atoms with Gasteiger partial charge in [0.15, 0.2) is 11.0 Å². The Morgan fingerprint density at radius 1 is 1.03 bits per heavy atom. The van der Waals surface area contributed by atoms with Crippen LogP contribution >= 0.6 is 23.4 Å². The van der Waals surface area contributed by atoms with Crippen molar-refractivity contribution in [3.63, 3.8) is 0 Å². The Labute approximate surface area is 202 Å². The van der Waals surface area contributed by atoms with Gasteiger partial charge in [0.1, 0.15) is 5.75 Å². The SMILES string of the molecule is COc1ccccc1-c1nnc(SCc2cccc(C(=O)N(C)C)c2)n1-c1ccc(Cl)cc1. The molecule has 168 valence electrons. The summed E-state index contributed by atoms with van der Waals surface area (Å²) in [5.41, 5.74) is 3.42. The molecule has 4 aromatic rings. The fourth-order valence-corrected chi connectivity index (χ4v) is 4.41. The highest BCUT2D eigenvalue weighted by molar-refractivity contribution is 7.98. The molecule has 0 N–H and O–H groups in total. The van der Waals surface area contributed by atoms with Crippen LogP contribution in [0.1, 0.15) is 15.9 Å². The molecule has 33 heavy (non-hydrogen) atoms. The summed E-state index contributed by atoms with van der Waals surface area (Å²) in [7, 11) is 5.13. The molecule has 1 heterocycles. The molecule has 0 saturated carbocycles. The van der Waals surface area contributed by atoms with Crippen LogP contribution in [0.5, 0.6) is 5.75 Å². The number of benzene rings is 3. The van der Waals surface area contributed by atoms with E-state index in [-0.39, 0.29) is 5.91 Å². The molecule has 1 aromatic heterocycles. The maximum absolute atomic E-state index is 12.3. The van der Waals surface area contributed by atoms with Crippen LogP contribution in [0.4, 0.5) is 0 Å². The lowest BCUT2D eigenvalue weighted by atomic mass is 10.1. The summed E-state index contributed by atoms with van der Waals surface area (Å²) < 4.78 is 7.55. The van der Waals surface area contributed by atoms with E-state index in [0.717, 1.165) is 22.0 Å². The molecule has 0 aliphatic rings. The summed E-state index contributed by atoms with van der Waals surface area (Å²) >= 11 is 7.67. The zero-order valence-electron chi connectivity index (χ0n) is 18.5. The van der Waals surface area contributed by atoms with Crippen molar-refractivity contribution in [2.45, 2.75) is 10.9 Å². The second kappa shape index (κ2) is 10.1. The van der Waals surface area contributed by atoms with E-state index in [9.17, 15) is 4.79 Å². The van der Waals surface area contributed by atoms with Gasteiger partial charge in [-0.2, -0.15) is 0 Å². The van der Waals surface area contributed by atoms with Crippen molar-refractivity contribution in [1.29, 1.82) is 0 Å². The normalized spacial score (nSPS) is 10.8. The number of ether oxygens (including phenoxy) is 1. The van der Waals surface area contributed by atoms with E-state index >= 15 is 0 Å². The molecule has 0 aliphatic heterocycles. The highest BCUT2D eigenvalue weighted by Gasteiger charge is 2.19. The summed E-state index contributed by atoms with van der Waals surface area (Å²) in [6.45, 7) is 0. The monoisotopic (exact) mass is 478 g/mol. The van der Waals surface area contributed by atoms with Crippen molar-refractivity contribution in [3.05, 3.63) is 88.9 Å². The van der Waals surface area contributed by atoms with Crippen LogP contribution in [0.3, 0.4) is 0 Å². The van der Waals surface area contributed by atoms with Gasteiger partial charge in [0.25, 0.3) is 5.91 Å². The van der Waals surface area contributed by atoms with Crippen LogP contribution in [-0.2, 0) is 5.75 Å². The molecule has 4 rings (SSSR count). The minimum absolute atomic E-state index is 0.0235. The first-order valence-corrected chi connectivity index (χ1v) is 11.6. The van der Waals surface area contributed by atoms with Gasteiger partial charge >= 0.3 is 0 Å². The van der Waals surface area contributed by atoms with Gasteiger partial charge in [0, 0.05) is 36.1 Å². The smallest absolute Gasteiger partial charge is 0.253 e. The fraction of sp³-hybridized carbons (Fsp3) is 0.160. The summed E-state index contributed by atoms with van der Waals surface area (Å²) in [6, 6.07) is 22.9. The predicted octanol–water partition coefficient (Wildman–Crippen LogP) is 5.59. The number of aromatic nitrogens is 3. The summed E-state index contributed by atoms with van der Waals surface area (Å²) in [6.07, 6.45) is 0. The third kappa shape index (κ3) is 5.05. The van der Waals surface area contributed by atoms with E-state index in [4.69, 9.17) is 16.3 Å². The van der Waals surface area contributed by atoms with Crippen LogP contribution in [0.2, 0.25) is 5.02 Å².